The Kier molecular flexibility index (Phi) is 5.70. The van der Waals surface area contributed by atoms with Crippen molar-refractivity contribution in [1.29, 1.82) is 0 Å². The third kappa shape index (κ3) is 4.79. The third-order valence-electron chi connectivity index (χ3n) is 3.61. The average Bonchev–Trinajstić information content (AvgIpc) is 2.99. The van der Waals surface area contributed by atoms with E-state index in [9.17, 15) is 9.18 Å². The van der Waals surface area contributed by atoms with E-state index < -0.39 is 6.10 Å². The molecule has 1 amide bonds. The van der Waals surface area contributed by atoms with E-state index >= 15 is 0 Å². The van der Waals surface area contributed by atoms with Crippen molar-refractivity contribution < 1.29 is 18.7 Å². The molecule has 5 heteroatoms. The molecule has 2 unspecified atom stereocenters. The van der Waals surface area contributed by atoms with Crippen LogP contribution in [0.4, 0.5) is 4.39 Å². The molecule has 2 atom stereocenters. The van der Waals surface area contributed by atoms with Crippen LogP contribution in [0.25, 0.3) is 0 Å². The molecule has 1 saturated heterocycles. The fourth-order valence-electron chi connectivity index (χ4n) is 2.25. The van der Waals surface area contributed by atoms with Crippen molar-refractivity contribution in [3.05, 3.63) is 35.1 Å². The largest absolute Gasteiger partial charge is 0.376 e. The standard InChI is InChI=1S/C16H22FNO3/c1-11-8-13(5-6-15(11)17)9-18-16(19)12(2)21-10-14-4-3-7-20-14/h5-6,8,12,14H,3-4,7,9-10H2,1-2H3,(H,18,19). The quantitative estimate of drug-likeness (QED) is 0.876. The minimum atomic E-state index is -0.518. The van der Waals surface area contributed by atoms with Gasteiger partial charge in [-0.1, -0.05) is 12.1 Å². The summed E-state index contributed by atoms with van der Waals surface area (Å²) in [6.07, 6.45) is 1.64. The molecule has 0 saturated carbocycles. The Balaban J connectivity index is 1.73. The van der Waals surface area contributed by atoms with Crippen LogP contribution in [-0.4, -0.2) is 31.3 Å². The highest BCUT2D eigenvalue weighted by molar-refractivity contribution is 5.80. The molecule has 0 aliphatic carbocycles. The average molecular weight is 295 g/mol. The fourth-order valence-corrected chi connectivity index (χ4v) is 2.25. The van der Waals surface area contributed by atoms with Crippen LogP contribution in [0, 0.1) is 12.7 Å². The van der Waals surface area contributed by atoms with E-state index in [1.54, 1.807) is 26.0 Å². The highest BCUT2D eigenvalue weighted by Crippen LogP contribution is 2.13. The predicted octanol–water partition coefficient (Wildman–Crippen LogP) is 2.33. The van der Waals surface area contributed by atoms with Gasteiger partial charge in [0, 0.05) is 13.2 Å². The fraction of sp³-hybridized carbons (Fsp3) is 0.562. The molecule has 4 nitrogen and oxygen atoms in total. The monoisotopic (exact) mass is 295 g/mol. The lowest BCUT2D eigenvalue weighted by atomic mass is 10.1. The molecule has 1 aromatic rings. The van der Waals surface area contributed by atoms with Gasteiger partial charge in [-0.3, -0.25) is 4.79 Å². The summed E-state index contributed by atoms with van der Waals surface area (Å²) in [5.74, 6) is -0.409. The molecule has 1 heterocycles. The number of nitrogens with one attached hydrogen (secondary N) is 1. The van der Waals surface area contributed by atoms with E-state index in [0.717, 1.165) is 25.0 Å². The van der Waals surface area contributed by atoms with Crippen LogP contribution in [0.15, 0.2) is 18.2 Å². The molecule has 1 aliphatic rings. The van der Waals surface area contributed by atoms with Gasteiger partial charge in [0.05, 0.1) is 12.7 Å². The number of rotatable bonds is 6. The summed E-state index contributed by atoms with van der Waals surface area (Å²) in [4.78, 5) is 11.9. The summed E-state index contributed by atoms with van der Waals surface area (Å²) < 4.78 is 24.1. The molecule has 2 rings (SSSR count). The Morgan fingerprint density at radius 1 is 1.57 bits per heavy atom. The van der Waals surface area contributed by atoms with Gasteiger partial charge >= 0.3 is 0 Å². The second kappa shape index (κ2) is 7.52. The zero-order valence-electron chi connectivity index (χ0n) is 12.5. The van der Waals surface area contributed by atoms with Gasteiger partial charge in [-0.2, -0.15) is 0 Å². The van der Waals surface area contributed by atoms with Crippen molar-refractivity contribution in [3.8, 4) is 0 Å². The summed E-state index contributed by atoms with van der Waals surface area (Å²) in [7, 11) is 0. The van der Waals surface area contributed by atoms with Gasteiger partial charge in [-0.25, -0.2) is 4.39 Å². The Hall–Kier alpha value is -1.46. The number of carbonyl (C=O) groups excluding carboxylic acids is 1. The van der Waals surface area contributed by atoms with Crippen LogP contribution in [-0.2, 0) is 20.8 Å². The lowest BCUT2D eigenvalue weighted by Crippen LogP contribution is -2.35. The molecule has 0 bridgehead atoms. The van der Waals surface area contributed by atoms with Crippen molar-refractivity contribution in [2.45, 2.75) is 45.4 Å². The number of ether oxygens (including phenoxy) is 2. The van der Waals surface area contributed by atoms with Gasteiger partial charge in [0.1, 0.15) is 11.9 Å². The summed E-state index contributed by atoms with van der Waals surface area (Å²) in [5.41, 5.74) is 1.44. The number of hydrogen-bond acceptors (Lipinski definition) is 3. The van der Waals surface area contributed by atoms with Crippen molar-refractivity contribution in [2.24, 2.45) is 0 Å². The first-order valence-electron chi connectivity index (χ1n) is 7.32. The Bertz CT molecular complexity index is 486. The first-order valence-corrected chi connectivity index (χ1v) is 7.32. The van der Waals surface area contributed by atoms with E-state index in [4.69, 9.17) is 9.47 Å². The van der Waals surface area contributed by atoms with Gasteiger partial charge in [0.15, 0.2) is 0 Å². The summed E-state index contributed by atoms with van der Waals surface area (Å²) >= 11 is 0. The van der Waals surface area contributed by atoms with E-state index in [-0.39, 0.29) is 17.8 Å². The summed E-state index contributed by atoms with van der Waals surface area (Å²) in [6, 6.07) is 4.81. The molecule has 116 valence electrons. The number of amides is 1. The van der Waals surface area contributed by atoms with Crippen LogP contribution in [0.3, 0.4) is 0 Å². The molecular formula is C16H22FNO3. The number of hydrogen-bond donors (Lipinski definition) is 1. The van der Waals surface area contributed by atoms with Crippen molar-refractivity contribution in [2.75, 3.05) is 13.2 Å². The first-order chi connectivity index (χ1) is 10.1. The van der Waals surface area contributed by atoms with E-state index in [2.05, 4.69) is 5.32 Å². The van der Waals surface area contributed by atoms with E-state index in [1.807, 2.05) is 0 Å². The Labute approximate surface area is 124 Å². The molecule has 1 N–H and O–H groups in total. The number of halogens is 1. The van der Waals surface area contributed by atoms with Crippen molar-refractivity contribution in [3.63, 3.8) is 0 Å². The SMILES string of the molecule is Cc1cc(CNC(=O)C(C)OCC2CCCO2)ccc1F. The first kappa shape index (κ1) is 15.9. The van der Waals surface area contributed by atoms with E-state index in [0.29, 0.717) is 18.7 Å². The van der Waals surface area contributed by atoms with E-state index in [1.165, 1.54) is 6.07 Å². The zero-order chi connectivity index (χ0) is 15.2. The molecule has 0 spiro atoms. The van der Waals surface area contributed by atoms with Gasteiger partial charge in [0.25, 0.3) is 0 Å². The third-order valence-corrected chi connectivity index (χ3v) is 3.61. The minimum absolute atomic E-state index is 0.111. The minimum Gasteiger partial charge on any atom is -0.376 e. The lowest BCUT2D eigenvalue weighted by Gasteiger charge is -2.16. The number of carbonyl (C=O) groups is 1. The topological polar surface area (TPSA) is 47.6 Å². The lowest BCUT2D eigenvalue weighted by molar-refractivity contribution is -0.133. The molecule has 1 aliphatic heterocycles. The van der Waals surface area contributed by atoms with Crippen molar-refractivity contribution in [1.82, 2.24) is 5.32 Å². The van der Waals surface area contributed by atoms with Crippen LogP contribution in [0.5, 0.6) is 0 Å². The molecule has 0 aromatic heterocycles. The maximum Gasteiger partial charge on any atom is 0.249 e. The van der Waals surface area contributed by atoms with Gasteiger partial charge < -0.3 is 14.8 Å². The number of aryl methyl sites for hydroxylation is 1. The molecule has 1 aromatic carbocycles. The van der Waals surface area contributed by atoms with Crippen LogP contribution < -0.4 is 5.32 Å². The van der Waals surface area contributed by atoms with Crippen LogP contribution in [0.2, 0.25) is 0 Å². The highest BCUT2D eigenvalue weighted by Gasteiger charge is 2.19. The zero-order valence-corrected chi connectivity index (χ0v) is 12.5. The predicted molar refractivity (Wildman–Crippen MR) is 77.4 cm³/mol. The normalized spacial score (nSPS) is 19.5. The van der Waals surface area contributed by atoms with Crippen LogP contribution >= 0.6 is 0 Å². The Morgan fingerprint density at radius 3 is 3.05 bits per heavy atom. The highest BCUT2D eigenvalue weighted by atomic mass is 19.1. The maximum atomic E-state index is 13.2. The summed E-state index contributed by atoms with van der Waals surface area (Å²) in [5, 5.41) is 2.79. The van der Waals surface area contributed by atoms with Gasteiger partial charge in [-0.05, 0) is 43.9 Å². The maximum absolute atomic E-state index is 13.2. The molecule has 0 radical (unpaired) electrons. The second-order valence-corrected chi connectivity index (χ2v) is 5.41. The molecule has 1 fully saturated rings. The van der Waals surface area contributed by atoms with Crippen LogP contribution in [0.1, 0.15) is 30.9 Å². The molecular weight excluding hydrogens is 273 g/mol. The number of benzene rings is 1. The summed E-state index contributed by atoms with van der Waals surface area (Å²) in [6.45, 7) is 5.02. The smallest absolute Gasteiger partial charge is 0.249 e. The van der Waals surface area contributed by atoms with Crippen molar-refractivity contribution >= 4 is 5.91 Å². The van der Waals surface area contributed by atoms with Gasteiger partial charge in [-0.15, -0.1) is 0 Å². The molecule has 21 heavy (non-hydrogen) atoms. The Morgan fingerprint density at radius 2 is 2.38 bits per heavy atom. The van der Waals surface area contributed by atoms with Gasteiger partial charge in [0.2, 0.25) is 5.91 Å². The second-order valence-electron chi connectivity index (χ2n) is 5.41.